The molecule has 0 unspecified atom stereocenters. The molecule has 0 radical (unpaired) electrons. The van der Waals surface area contributed by atoms with Crippen molar-refractivity contribution in [2.75, 3.05) is 4.90 Å². The van der Waals surface area contributed by atoms with E-state index in [9.17, 15) is 0 Å². The molecule has 0 N–H and O–H groups in total. The van der Waals surface area contributed by atoms with Crippen LogP contribution in [0, 0.1) is 0 Å². The molecule has 0 amide bonds. The van der Waals surface area contributed by atoms with E-state index in [0.717, 1.165) is 0 Å². The van der Waals surface area contributed by atoms with Gasteiger partial charge in [-0.15, -0.1) is 0 Å². The van der Waals surface area contributed by atoms with Crippen LogP contribution in [0.5, 0.6) is 0 Å². The maximum absolute atomic E-state index is 2.21. The molecule has 0 aliphatic carbocycles. The fourth-order valence-corrected chi connectivity index (χ4v) is 1.24. The van der Waals surface area contributed by atoms with Gasteiger partial charge in [0, 0.05) is 18.1 Å². The van der Waals surface area contributed by atoms with Gasteiger partial charge in [0.15, 0.2) is 0 Å². The molecule has 2 rings (SSSR count). The SMILES string of the molecule is CC(C)c1ccc(N2C=C2)cc1. The van der Waals surface area contributed by atoms with Crippen molar-refractivity contribution in [3.63, 3.8) is 0 Å². The van der Waals surface area contributed by atoms with Gasteiger partial charge in [0.05, 0.1) is 0 Å². The summed E-state index contributed by atoms with van der Waals surface area (Å²) >= 11 is 0. The van der Waals surface area contributed by atoms with E-state index in [0.29, 0.717) is 5.92 Å². The zero-order valence-corrected chi connectivity index (χ0v) is 7.49. The van der Waals surface area contributed by atoms with Gasteiger partial charge < -0.3 is 4.90 Å². The van der Waals surface area contributed by atoms with Gasteiger partial charge in [0.2, 0.25) is 0 Å². The lowest BCUT2D eigenvalue weighted by molar-refractivity contribution is 0.867. The van der Waals surface area contributed by atoms with E-state index in [1.807, 2.05) is 0 Å². The van der Waals surface area contributed by atoms with Crippen LogP contribution in [0.25, 0.3) is 0 Å². The average molecular weight is 159 g/mol. The molecule has 1 aromatic rings. The maximum atomic E-state index is 2.21. The Labute approximate surface area is 73.3 Å². The molecule has 1 nitrogen and oxygen atoms in total. The van der Waals surface area contributed by atoms with Crippen LogP contribution < -0.4 is 4.90 Å². The highest BCUT2D eigenvalue weighted by atomic mass is 15.2. The van der Waals surface area contributed by atoms with E-state index in [1.54, 1.807) is 0 Å². The third-order valence-electron chi connectivity index (χ3n) is 2.16. The molecule has 1 heteroatoms. The second-order valence-corrected chi connectivity index (χ2v) is 3.45. The van der Waals surface area contributed by atoms with Gasteiger partial charge >= 0.3 is 0 Å². The van der Waals surface area contributed by atoms with Gasteiger partial charge in [-0.05, 0) is 23.6 Å². The summed E-state index contributed by atoms with van der Waals surface area (Å²) in [6.45, 7) is 4.43. The zero-order chi connectivity index (χ0) is 8.55. The lowest BCUT2D eigenvalue weighted by atomic mass is 10.0. The van der Waals surface area contributed by atoms with Crippen molar-refractivity contribution in [1.29, 1.82) is 0 Å². The number of hydrogen-bond donors (Lipinski definition) is 0. The summed E-state index contributed by atoms with van der Waals surface area (Å²) in [5, 5.41) is 0. The molecule has 62 valence electrons. The molecular weight excluding hydrogens is 146 g/mol. The maximum Gasteiger partial charge on any atom is 0.0450 e. The topological polar surface area (TPSA) is 3.01 Å². The van der Waals surface area contributed by atoms with Crippen molar-refractivity contribution in [1.82, 2.24) is 0 Å². The average Bonchev–Trinajstić information content (AvgIpc) is 2.87. The van der Waals surface area contributed by atoms with Crippen LogP contribution in [0.2, 0.25) is 0 Å². The zero-order valence-electron chi connectivity index (χ0n) is 7.49. The lowest BCUT2D eigenvalue weighted by Crippen LogP contribution is -1.91. The summed E-state index contributed by atoms with van der Waals surface area (Å²) in [6, 6.07) is 8.71. The monoisotopic (exact) mass is 159 g/mol. The summed E-state index contributed by atoms with van der Waals surface area (Å²) in [5.41, 5.74) is 2.67. The Morgan fingerprint density at radius 3 is 2.00 bits per heavy atom. The van der Waals surface area contributed by atoms with Crippen LogP contribution in [0.1, 0.15) is 25.3 Å². The third-order valence-corrected chi connectivity index (χ3v) is 2.16. The Morgan fingerprint density at radius 2 is 1.58 bits per heavy atom. The van der Waals surface area contributed by atoms with Crippen molar-refractivity contribution < 1.29 is 0 Å². The van der Waals surface area contributed by atoms with Crippen LogP contribution in [0.15, 0.2) is 36.7 Å². The van der Waals surface area contributed by atoms with E-state index < -0.39 is 0 Å². The second kappa shape index (κ2) is 2.67. The first-order valence-corrected chi connectivity index (χ1v) is 4.34. The third kappa shape index (κ3) is 1.35. The minimum atomic E-state index is 0.626. The number of rotatable bonds is 2. The standard InChI is InChI=1S/C11H13N/c1-9(2)10-3-5-11(6-4-10)12-7-8-12/h3-9H,1-2H3. The van der Waals surface area contributed by atoms with Gasteiger partial charge in [-0.25, -0.2) is 0 Å². The first-order chi connectivity index (χ1) is 5.77. The van der Waals surface area contributed by atoms with Gasteiger partial charge in [-0.3, -0.25) is 0 Å². The quantitative estimate of drug-likeness (QED) is 0.640. The Morgan fingerprint density at radius 1 is 1.00 bits per heavy atom. The Balaban J connectivity index is 2.19. The summed E-state index contributed by atoms with van der Waals surface area (Å²) < 4.78 is 0. The predicted molar refractivity (Wildman–Crippen MR) is 52.2 cm³/mol. The predicted octanol–water partition coefficient (Wildman–Crippen LogP) is 3.10. The number of nitrogens with zero attached hydrogens (tertiary/aromatic N) is 1. The van der Waals surface area contributed by atoms with Gasteiger partial charge in [-0.1, -0.05) is 26.0 Å². The van der Waals surface area contributed by atoms with Crippen molar-refractivity contribution in [2.24, 2.45) is 0 Å². The minimum Gasteiger partial charge on any atom is -0.321 e. The van der Waals surface area contributed by atoms with Crippen LogP contribution in [-0.2, 0) is 0 Å². The molecular formula is C11H13N. The molecule has 1 aromatic carbocycles. The Kier molecular flexibility index (Phi) is 1.65. The van der Waals surface area contributed by atoms with E-state index in [-0.39, 0.29) is 0 Å². The van der Waals surface area contributed by atoms with Crippen LogP contribution in [0.3, 0.4) is 0 Å². The van der Waals surface area contributed by atoms with Crippen LogP contribution >= 0.6 is 0 Å². The summed E-state index contributed by atoms with van der Waals surface area (Å²) in [6.07, 6.45) is 4.12. The summed E-state index contributed by atoms with van der Waals surface area (Å²) in [7, 11) is 0. The molecule has 0 saturated carbocycles. The summed E-state index contributed by atoms with van der Waals surface area (Å²) in [5.74, 6) is 0.626. The highest BCUT2D eigenvalue weighted by Crippen LogP contribution is 2.24. The van der Waals surface area contributed by atoms with E-state index in [2.05, 4.69) is 55.4 Å². The largest absolute Gasteiger partial charge is 0.321 e. The van der Waals surface area contributed by atoms with E-state index in [1.165, 1.54) is 11.3 Å². The van der Waals surface area contributed by atoms with Gasteiger partial charge in [0.1, 0.15) is 0 Å². The van der Waals surface area contributed by atoms with Crippen LogP contribution in [-0.4, -0.2) is 0 Å². The summed E-state index contributed by atoms with van der Waals surface area (Å²) in [4.78, 5) is 2.12. The first kappa shape index (κ1) is 7.41. The number of anilines is 1. The van der Waals surface area contributed by atoms with Crippen molar-refractivity contribution >= 4 is 5.69 Å². The molecule has 0 fully saturated rings. The molecule has 0 atom stereocenters. The van der Waals surface area contributed by atoms with Gasteiger partial charge in [0.25, 0.3) is 0 Å². The molecule has 1 aliphatic rings. The molecule has 12 heavy (non-hydrogen) atoms. The molecule has 0 aromatic heterocycles. The first-order valence-electron chi connectivity index (χ1n) is 4.34. The highest BCUT2D eigenvalue weighted by molar-refractivity contribution is 5.59. The molecule has 0 saturated heterocycles. The molecule has 0 spiro atoms. The fourth-order valence-electron chi connectivity index (χ4n) is 1.24. The normalized spacial score (nSPS) is 14.1. The minimum absolute atomic E-state index is 0.626. The Bertz CT molecular complexity index is 268. The lowest BCUT2D eigenvalue weighted by Gasteiger charge is -2.07. The smallest absolute Gasteiger partial charge is 0.0450 e. The number of benzene rings is 1. The number of hydrogen-bond acceptors (Lipinski definition) is 1. The van der Waals surface area contributed by atoms with Gasteiger partial charge in [-0.2, -0.15) is 0 Å². The van der Waals surface area contributed by atoms with E-state index in [4.69, 9.17) is 0 Å². The Hall–Kier alpha value is -1.24. The van der Waals surface area contributed by atoms with Crippen molar-refractivity contribution in [2.45, 2.75) is 19.8 Å². The van der Waals surface area contributed by atoms with E-state index >= 15 is 0 Å². The van der Waals surface area contributed by atoms with Crippen LogP contribution in [0.4, 0.5) is 5.69 Å². The van der Waals surface area contributed by atoms with Crippen molar-refractivity contribution in [3.05, 3.63) is 42.2 Å². The fraction of sp³-hybridized carbons (Fsp3) is 0.273. The highest BCUT2D eigenvalue weighted by Gasteiger charge is 2.08. The second-order valence-electron chi connectivity index (χ2n) is 3.45. The molecule has 0 bridgehead atoms. The molecule has 1 aliphatic heterocycles. The van der Waals surface area contributed by atoms with Crippen molar-refractivity contribution in [3.8, 4) is 0 Å². The molecule has 1 heterocycles.